The van der Waals surface area contributed by atoms with Crippen LogP contribution in [0, 0.1) is 0 Å². The van der Waals surface area contributed by atoms with Crippen molar-refractivity contribution in [3.8, 4) is 11.5 Å². The fraction of sp³-hybridized carbons (Fsp3) is 0.300. The van der Waals surface area contributed by atoms with Crippen molar-refractivity contribution in [1.82, 2.24) is 0 Å². The molecule has 0 fully saturated rings. The van der Waals surface area contributed by atoms with E-state index in [9.17, 15) is 9.18 Å². The lowest BCUT2D eigenvalue weighted by Gasteiger charge is -2.09. The Balaban J connectivity index is 2.89. The maximum Gasteiger partial charge on any atom is 0.162 e. The predicted molar refractivity (Wildman–Crippen MR) is 49.9 cm³/mol. The van der Waals surface area contributed by atoms with E-state index in [1.54, 1.807) is 12.1 Å². The molecule has 0 unspecified atom stereocenters. The van der Waals surface area contributed by atoms with Crippen molar-refractivity contribution in [1.29, 1.82) is 0 Å². The summed E-state index contributed by atoms with van der Waals surface area (Å²) in [5, 5.41) is 0. The highest BCUT2D eigenvalue weighted by atomic mass is 19.1. The molecule has 0 saturated heterocycles. The summed E-state index contributed by atoms with van der Waals surface area (Å²) in [5.74, 6) is 0.874. The Kier molecular flexibility index (Phi) is 3.91. The van der Waals surface area contributed by atoms with Crippen molar-refractivity contribution in [2.24, 2.45) is 0 Å². The summed E-state index contributed by atoms with van der Waals surface area (Å²) in [4.78, 5) is 10.5. The summed E-state index contributed by atoms with van der Waals surface area (Å²) < 4.78 is 21.9. The standard InChI is InChI=1S/C10H11FO3/c1-13-9-3-2-8(7-12)6-10(9)14-5-4-11/h2-3,6-7H,4-5H2,1H3. The molecule has 3 nitrogen and oxygen atoms in total. The Morgan fingerprint density at radius 3 is 2.79 bits per heavy atom. The molecular weight excluding hydrogens is 187 g/mol. The molecule has 0 aromatic heterocycles. The van der Waals surface area contributed by atoms with Crippen molar-refractivity contribution in [2.45, 2.75) is 0 Å². The maximum atomic E-state index is 11.9. The lowest BCUT2D eigenvalue weighted by molar-refractivity contribution is 0.112. The number of ether oxygens (including phenoxy) is 2. The second-order valence-electron chi connectivity index (χ2n) is 2.57. The van der Waals surface area contributed by atoms with Crippen LogP contribution < -0.4 is 9.47 Å². The molecule has 76 valence electrons. The predicted octanol–water partition coefficient (Wildman–Crippen LogP) is 1.86. The number of aldehydes is 1. The minimum absolute atomic E-state index is 0.0430. The minimum atomic E-state index is -0.575. The largest absolute Gasteiger partial charge is 0.493 e. The van der Waals surface area contributed by atoms with Gasteiger partial charge in [0.1, 0.15) is 19.6 Å². The maximum absolute atomic E-state index is 11.9. The first-order chi connectivity index (χ1) is 6.81. The van der Waals surface area contributed by atoms with Crippen molar-refractivity contribution in [2.75, 3.05) is 20.4 Å². The number of carbonyl (C=O) groups excluding carboxylic acids is 1. The van der Waals surface area contributed by atoms with Crippen LogP contribution in [0.15, 0.2) is 18.2 Å². The van der Waals surface area contributed by atoms with E-state index < -0.39 is 6.67 Å². The quantitative estimate of drug-likeness (QED) is 0.677. The highest BCUT2D eigenvalue weighted by Gasteiger charge is 2.04. The monoisotopic (exact) mass is 198 g/mol. The molecule has 0 amide bonds. The Labute approximate surface area is 81.4 Å². The molecule has 0 aliphatic rings. The Morgan fingerprint density at radius 1 is 1.43 bits per heavy atom. The second kappa shape index (κ2) is 5.21. The second-order valence-corrected chi connectivity index (χ2v) is 2.57. The van der Waals surface area contributed by atoms with Crippen molar-refractivity contribution in [3.05, 3.63) is 23.8 Å². The van der Waals surface area contributed by atoms with E-state index in [0.29, 0.717) is 23.3 Å². The Hall–Kier alpha value is -1.58. The van der Waals surface area contributed by atoms with Gasteiger partial charge in [-0.1, -0.05) is 0 Å². The molecule has 0 saturated carbocycles. The number of carbonyl (C=O) groups is 1. The number of alkyl halides is 1. The van der Waals surface area contributed by atoms with Gasteiger partial charge in [-0.05, 0) is 18.2 Å². The van der Waals surface area contributed by atoms with Crippen LogP contribution in [0.25, 0.3) is 0 Å². The number of methoxy groups -OCH3 is 1. The average molecular weight is 198 g/mol. The van der Waals surface area contributed by atoms with E-state index in [-0.39, 0.29) is 6.61 Å². The molecule has 4 heteroatoms. The minimum Gasteiger partial charge on any atom is -0.493 e. The summed E-state index contributed by atoms with van der Waals surface area (Å²) in [7, 11) is 1.48. The SMILES string of the molecule is COc1ccc(C=O)cc1OCCF. The van der Waals surface area contributed by atoms with Gasteiger partial charge in [-0.3, -0.25) is 4.79 Å². The van der Waals surface area contributed by atoms with Crippen LogP contribution in [0.3, 0.4) is 0 Å². The Bertz CT molecular complexity index is 312. The smallest absolute Gasteiger partial charge is 0.162 e. The third-order valence-electron chi connectivity index (χ3n) is 1.66. The van der Waals surface area contributed by atoms with Gasteiger partial charge in [0.2, 0.25) is 0 Å². The molecule has 1 aromatic carbocycles. The van der Waals surface area contributed by atoms with Gasteiger partial charge in [0, 0.05) is 5.56 Å². The number of halogens is 1. The summed E-state index contributed by atoms with van der Waals surface area (Å²) in [6.07, 6.45) is 0.696. The molecule has 0 aliphatic heterocycles. The van der Waals surface area contributed by atoms with E-state index >= 15 is 0 Å². The zero-order chi connectivity index (χ0) is 10.4. The van der Waals surface area contributed by atoms with Crippen LogP contribution in [0.5, 0.6) is 11.5 Å². The fourth-order valence-electron chi connectivity index (χ4n) is 1.03. The van der Waals surface area contributed by atoms with E-state index in [1.807, 2.05) is 0 Å². The molecule has 0 heterocycles. The average Bonchev–Trinajstić information content (AvgIpc) is 2.25. The normalized spacial score (nSPS) is 9.57. The lowest BCUT2D eigenvalue weighted by atomic mass is 10.2. The van der Waals surface area contributed by atoms with Crippen LogP contribution in [-0.4, -0.2) is 26.7 Å². The van der Waals surface area contributed by atoms with Gasteiger partial charge in [-0.15, -0.1) is 0 Å². The van der Waals surface area contributed by atoms with Gasteiger partial charge >= 0.3 is 0 Å². The molecule has 0 radical (unpaired) electrons. The third kappa shape index (κ3) is 2.45. The molecule has 1 aromatic rings. The molecule has 0 aliphatic carbocycles. The summed E-state index contributed by atoms with van der Waals surface area (Å²) in [6.45, 7) is -0.618. The molecule has 0 bridgehead atoms. The van der Waals surface area contributed by atoms with Crippen molar-refractivity contribution < 1.29 is 18.7 Å². The lowest BCUT2D eigenvalue weighted by Crippen LogP contribution is -2.01. The molecule has 0 spiro atoms. The highest BCUT2D eigenvalue weighted by Crippen LogP contribution is 2.27. The Morgan fingerprint density at radius 2 is 2.21 bits per heavy atom. The van der Waals surface area contributed by atoms with Crippen LogP contribution in [-0.2, 0) is 0 Å². The van der Waals surface area contributed by atoms with Gasteiger partial charge in [0.15, 0.2) is 11.5 Å². The van der Waals surface area contributed by atoms with Gasteiger partial charge < -0.3 is 9.47 Å². The van der Waals surface area contributed by atoms with Crippen LogP contribution in [0.1, 0.15) is 10.4 Å². The number of rotatable bonds is 5. The van der Waals surface area contributed by atoms with E-state index in [2.05, 4.69) is 0 Å². The molecular formula is C10H11FO3. The van der Waals surface area contributed by atoms with Crippen LogP contribution in [0.2, 0.25) is 0 Å². The fourth-order valence-corrected chi connectivity index (χ4v) is 1.03. The molecule has 0 N–H and O–H groups in total. The summed E-state index contributed by atoms with van der Waals surface area (Å²) in [5.41, 5.74) is 0.472. The van der Waals surface area contributed by atoms with E-state index in [4.69, 9.17) is 9.47 Å². The van der Waals surface area contributed by atoms with Gasteiger partial charge in [-0.2, -0.15) is 0 Å². The molecule has 0 atom stereocenters. The molecule has 14 heavy (non-hydrogen) atoms. The number of hydrogen-bond donors (Lipinski definition) is 0. The van der Waals surface area contributed by atoms with E-state index in [0.717, 1.165) is 0 Å². The van der Waals surface area contributed by atoms with Crippen LogP contribution in [0.4, 0.5) is 4.39 Å². The highest BCUT2D eigenvalue weighted by molar-refractivity contribution is 5.76. The zero-order valence-corrected chi connectivity index (χ0v) is 7.83. The first kappa shape index (κ1) is 10.5. The van der Waals surface area contributed by atoms with Crippen molar-refractivity contribution >= 4 is 6.29 Å². The summed E-state index contributed by atoms with van der Waals surface area (Å²) in [6, 6.07) is 4.73. The number of hydrogen-bond acceptors (Lipinski definition) is 3. The summed E-state index contributed by atoms with van der Waals surface area (Å²) >= 11 is 0. The first-order valence-electron chi connectivity index (χ1n) is 4.13. The van der Waals surface area contributed by atoms with Gasteiger partial charge in [0.05, 0.1) is 7.11 Å². The third-order valence-corrected chi connectivity index (χ3v) is 1.66. The van der Waals surface area contributed by atoms with Gasteiger partial charge in [-0.25, -0.2) is 4.39 Å². The van der Waals surface area contributed by atoms with Gasteiger partial charge in [0.25, 0.3) is 0 Å². The van der Waals surface area contributed by atoms with Crippen LogP contribution >= 0.6 is 0 Å². The zero-order valence-electron chi connectivity index (χ0n) is 7.83. The van der Waals surface area contributed by atoms with Crippen molar-refractivity contribution in [3.63, 3.8) is 0 Å². The molecule has 1 rings (SSSR count). The number of benzene rings is 1. The van der Waals surface area contributed by atoms with E-state index in [1.165, 1.54) is 13.2 Å². The first-order valence-corrected chi connectivity index (χ1v) is 4.13. The topological polar surface area (TPSA) is 35.5 Å².